The molecule has 3 rings (SSSR count). The molecule has 0 radical (unpaired) electrons. The highest BCUT2D eigenvalue weighted by molar-refractivity contribution is 7.89. The second kappa shape index (κ2) is 13.6. The van der Waals surface area contributed by atoms with Gasteiger partial charge in [-0.3, -0.25) is 9.78 Å². The quantitative estimate of drug-likeness (QED) is 0.261. The third-order valence-corrected chi connectivity index (χ3v) is 7.23. The smallest absolute Gasteiger partial charge is 0.305 e. The summed E-state index contributed by atoms with van der Waals surface area (Å²) in [6, 6.07) is 16.4. The van der Waals surface area contributed by atoms with Crippen molar-refractivity contribution in [2.75, 3.05) is 27.9 Å². The van der Waals surface area contributed by atoms with Gasteiger partial charge in [-0.15, -0.1) is 0 Å². The van der Waals surface area contributed by atoms with Gasteiger partial charge in [-0.05, 0) is 54.2 Å². The topological polar surface area (TPSA) is 104 Å². The van der Waals surface area contributed by atoms with E-state index in [4.69, 9.17) is 14.2 Å². The SMILES string of the molecule is COC(=O)CCC/C=C(\c1ccc(CCNS(=O)(=O)c2ccc(OC)c(OC)c2)cc1)c1cccnc1. The van der Waals surface area contributed by atoms with E-state index in [-0.39, 0.29) is 17.4 Å². The minimum absolute atomic E-state index is 0.110. The summed E-state index contributed by atoms with van der Waals surface area (Å²) in [7, 11) is 0.647. The van der Waals surface area contributed by atoms with E-state index in [1.54, 1.807) is 12.3 Å². The van der Waals surface area contributed by atoms with E-state index in [1.165, 1.54) is 33.5 Å². The second-order valence-corrected chi connectivity index (χ2v) is 9.96. The van der Waals surface area contributed by atoms with Gasteiger partial charge in [-0.25, -0.2) is 13.1 Å². The second-order valence-electron chi connectivity index (χ2n) is 8.19. The molecule has 0 aliphatic carbocycles. The highest BCUT2D eigenvalue weighted by atomic mass is 32.2. The Kier molecular flexibility index (Phi) is 10.2. The van der Waals surface area contributed by atoms with Crippen LogP contribution in [-0.2, 0) is 26.0 Å². The van der Waals surface area contributed by atoms with Crippen molar-refractivity contribution in [3.05, 3.63) is 89.8 Å². The van der Waals surface area contributed by atoms with Gasteiger partial charge in [0, 0.05) is 37.0 Å². The Labute approximate surface area is 218 Å². The van der Waals surface area contributed by atoms with Crippen molar-refractivity contribution in [3.63, 3.8) is 0 Å². The molecule has 0 amide bonds. The fourth-order valence-corrected chi connectivity index (χ4v) is 4.81. The molecule has 2 aromatic carbocycles. The number of hydrogen-bond acceptors (Lipinski definition) is 7. The molecule has 3 aromatic rings. The van der Waals surface area contributed by atoms with E-state index < -0.39 is 10.0 Å². The number of aromatic nitrogens is 1. The van der Waals surface area contributed by atoms with Crippen molar-refractivity contribution in [2.45, 2.75) is 30.6 Å². The summed E-state index contributed by atoms with van der Waals surface area (Å²) < 4.78 is 43.2. The minimum atomic E-state index is -3.70. The predicted molar refractivity (Wildman–Crippen MR) is 142 cm³/mol. The zero-order valence-electron chi connectivity index (χ0n) is 21.3. The lowest BCUT2D eigenvalue weighted by atomic mass is 9.96. The number of allylic oxidation sites excluding steroid dienone is 1. The average molecular weight is 525 g/mol. The number of nitrogens with zero attached hydrogens (tertiary/aromatic N) is 1. The van der Waals surface area contributed by atoms with Gasteiger partial charge in [0.15, 0.2) is 11.5 Å². The number of hydrogen-bond donors (Lipinski definition) is 1. The molecule has 37 heavy (non-hydrogen) atoms. The van der Waals surface area contributed by atoms with E-state index in [9.17, 15) is 13.2 Å². The van der Waals surface area contributed by atoms with Crippen LogP contribution in [0.2, 0.25) is 0 Å². The van der Waals surface area contributed by atoms with Gasteiger partial charge in [0.25, 0.3) is 0 Å². The molecule has 0 aliphatic heterocycles. The fraction of sp³-hybridized carbons (Fsp3) is 0.286. The molecule has 1 aromatic heterocycles. The molecule has 0 unspecified atom stereocenters. The molecule has 8 nitrogen and oxygen atoms in total. The van der Waals surface area contributed by atoms with Gasteiger partial charge in [-0.1, -0.05) is 36.4 Å². The zero-order valence-corrected chi connectivity index (χ0v) is 22.1. The summed E-state index contributed by atoms with van der Waals surface area (Å²) in [6.45, 7) is 0.245. The number of pyridine rings is 1. The zero-order chi connectivity index (χ0) is 26.7. The van der Waals surface area contributed by atoms with Crippen LogP contribution in [0.4, 0.5) is 0 Å². The summed E-state index contributed by atoms with van der Waals surface area (Å²) in [6.07, 6.45) is 7.94. The van der Waals surface area contributed by atoms with Crippen LogP contribution in [0.5, 0.6) is 11.5 Å². The normalized spacial score (nSPS) is 11.7. The fourth-order valence-electron chi connectivity index (χ4n) is 3.77. The van der Waals surface area contributed by atoms with E-state index in [0.717, 1.165) is 28.7 Å². The molecule has 0 saturated heterocycles. The highest BCUT2D eigenvalue weighted by Crippen LogP contribution is 2.29. The first kappa shape index (κ1) is 27.9. The van der Waals surface area contributed by atoms with Crippen LogP contribution in [-0.4, -0.2) is 47.2 Å². The number of esters is 1. The van der Waals surface area contributed by atoms with Crippen LogP contribution < -0.4 is 14.2 Å². The van der Waals surface area contributed by atoms with Crippen LogP contribution in [0.3, 0.4) is 0 Å². The lowest BCUT2D eigenvalue weighted by Gasteiger charge is -2.12. The van der Waals surface area contributed by atoms with Crippen molar-refractivity contribution < 1.29 is 27.4 Å². The highest BCUT2D eigenvalue weighted by Gasteiger charge is 2.16. The Hall–Kier alpha value is -3.69. The maximum Gasteiger partial charge on any atom is 0.305 e. The van der Waals surface area contributed by atoms with Crippen molar-refractivity contribution >= 4 is 21.6 Å². The van der Waals surface area contributed by atoms with E-state index in [2.05, 4.69) is 15.8 Å². The number of rotatable bonds is 13. The van der Waals surface area contributed by atoms with Crippen LogP contribution in [0.25, 0.3) is 5.57 Å². The predicted octanol–water partition coefficient (Wildman–Crippen LogP) is 4.39. The van der Waals surface area contributed by atoms with Crippen LogP contribution in [0, 0.1) is 0 Å². The number of ether oxygens (including phenoxy) is 3. The number of sulfonamides is 1. The van der Waals surface area contributed by atoms with E-state index in [0.29, 0.717) is 30.8 Å². The Morgan fingerprint density at radius 1 is 0.973 bits per heavy atom. The van der Waals surface area contributed by atoms with Crippen LogP contribution in [0.1, 0.15) is 36.0 Å². The molecule has 0 atom stereocenters. The minimum Gasteiger partial charge on any atom is -0.493 e. The molecule has 0 spiro atoms. The first-order valence-corrected chi connectivity index (χ1v) is 13.3. The third-order valence-electron chi connectivity index (χ3n) is 5.77. The summed E-state index contributed by atoms with van der Waals surface area (Å²) in [5.41, 5.74) is 4.02. The molecule has 0 fully saturated rings. The average Bonchev–Trinajstić information content (AvgIpc) is 2.93. The van der Waals surface area contributed by atoms with Gasteiger partial charge in [0.2, 0.25) is 10.0 Å². The van der Waals surface area contributed by atoms with Crippen molar-refractivity contribution in [1.82, 2.24) is 9.71 Å². The third kappa shape index (κ3) is 7.90. The lowest BCUT2D eigenvalue weighted by Crippen LogP contribution is -2.26. The monoisotopic (exact) mass is 524 g/mol. The van der Waals surface area contributed by atoms with E-state index in [1.807, 2.05) is 42.6 Å². The van der Waals surface area contributed by atoms with E-state index >= 15 is 0 Å². The van der Waals surface area contributed by atoms with Gasteiger partial charge in [-0.2, -0.15) is 0 Å². The Balaban J connectivity index is 1.66. The summed E-state index contributed by atoms with van der Waals surface area (Å²) >= 11 is 0. The van der Waals surface area contributed by atoms with Crippen molar-refractivity contribution in [3.8, 4) is 11.5 Å². The van der Waals surface area contributed by atoms with Crippen molar-refractivity contribution in [2.24, 2.45) is 0 Å². The first-order valence-electron chi connectivity index (χ1n) is 11.9. The molecule has 0 aliphatic rings. The molecule has 1 N–H and O–H groups in total. The maximum absolute atomic E-state index is 12.7. The van der Waals surface area contributed by atoms with Crippen LogP contribution in [0.15, 0.2) is 78.0 Å². The molecule has 9 heteroatoms. The largest absolute Gasteiger partial charge is 0.493 e. The van der Waals surface area contributed by atoms with Gasteiger partial charge in [0.1, 0.15) is 0 Å². The first-order chi connectivity index (χ1) is 17.9. The molecular formula is C28H32N2O6S. The van der Waals surface area contributed by atoms with Gasteiger partial charge < -0.3 is 14.2 Å². The molecular weight excluding hydrogens is 492 g/mol. The van der Waals surface area contributed by atoms with Crippen molar-refractivity contribution in [1.29, 1.82) is 0 Å². The number of methoxy groups -OCH3 is 3. The summed E-state index contributed by atoms with van der Waals surface area (Å²) in [5.74, 6) is 0.593. The number of carbonyl (C=O) groups is 1. The Morgan fingerprint density at radius 2 is 1.73 bits per heavy atom. The Bertz CT molecular complexity index is 1310. The number of nitrogens with one attached hydrogen (secondary N) is 1. The molecule has 0 saturated carbocycles. The molecule has 1 heterocycles. The van der Waals surface area contributed by atoms with Gasteiger partial charge in [0.05, 0.1) is 26.2 Å². The standard InChI is InChI=1S/C28H32N2O6S/c1-34-26-15-14-24(19-27(26)35-2)37(32,33)30-18-16-21-10-12-22(13-11-21)25(23-7-6-17-29-20-23)8-4-5-9-28(31)36-3/h6-8,10-15,17,19-20,30H,4-5,9,16,18H2,1-3H3/b25-8+. The maximum atomic E-state index is 12.7. The summed E-state index contributed by atoms with van der Waals surface area (Å²) in [5, 5.41) is 0. The van der Waals surface area contributed by atoms with Crippen LogP contribution >= 0.6 is 0 Å². The number of carbonyl (C=O) groups excluding carboxylic acids is 1. The molecule has 196 valence electrons. The molecule has 0 bridgehead atoms. The number of unbranched alkanes of at least 4 members (excludes halogenated alkanes) is 1. The lowest BCUT2D eigenvalue weighted by molar-refractivity contribution is -0.140. The summed E-state index contributed by atoms with van der Waals surface area (Å²) in [4.78, 5) is 15.8. The number of benzene rings is 2. The van der Waals surface area contributed by atoms with Gasteiger partial charge >= 0.3 is 5.97 Å². The Morgan fingerprint density at radius 3 is 2.38 bits per heavy atom.